The number of anilines is 1. The third-order valence-electron chi connectivity index (χ3n) is 5.82. The zero-order valence-electron chi connectivity index (χ0n) is 21.4. The van der Waals surface area contributed by atoms with Gasteiger partial charge in [0.25, 0.3) is 0 Å². The van der Waals surface area contributed by atoms with Crippen LogP contribution < -0.4 is 9.62 Å². The molecule has 0 aromatic heterocycles. The largest absolute Gasteiger partial charge is 0.354 e. The van der Waals surface area contributed by atoms with Gasteiger partial charge in [0.2, 0.25) is 21.8 Å². The van der Waals surface area contributed by atoms with Crippen LogP contribution in [0.5, 0.6) is 0 Å². The van der Waals surface area contributed by atoms with Crippen LogP contribution in [0.25, 0.3) is 0 Å². The van der Waals surface area contributed by atoms with Gasteiger partial charge in [0.05, 0.1) is 11.9 Å². The summed E-state index contributed by atoms with van der Waals surface area (Å²) >= 11 is 12.4. The molecule has 0 saturated heterocycles. The van der Waals surface area contributed by atoms with Crippen LogP contribution in [0.4, 0.5) is 5.69 Å². The first-order chi connectivity index (χ1) is 16.9. The molecule has 0 radical (unpaired) electrons. The molecule has 2 rings (SSSR count). The lowest BCUT2D eigenvalue weighted by Crippen LogP contribution is -2.52. The summed E-state index contributed by atoms with van der Waals surface area (Å²) < 4.78 is 26.5. The van der Waals surface area contributed by atoms with Crippen LogP contribution in [0.1, 0.15) is 57.6 Å². The molecule has 0 bridgehead atoms. The van der Waals surface area contributed by atoms with E-state index in [9.17, 15) is 18.0 Å². The number of nitrogens with one attached hydrogen (secondary N) is 1. The Morgan fingerprint density at radius 3 is 2.17 bits per heavy atom. The van der Waals surface area contributed by atoms with E-state index in [4.69, 9.17) is 23.2 Å². The second-order valence-corrected chi connectivity index (χ2v) is 11.7. The SMILES string of the molecule is CCCNC(=O)C(CC)N(Cc1ccc(Cl)cc1Cl)C(=O)CN(c1ccc(C(C)C)cc1)S(C)(=O)=O. The van der Waals surface area contributed by atoms with Gasteiger partial charge in [-0.1, -0.05) is 69.1 Å². The maximum Gasteiger partial charge on any atom is 0.244 e. The minimum atomic E-state index is -3.79. The Labute approximate surface area is 224 Å². The average molecular weight is 557 g/mol. The van der Waals surface area contributed by atoms with Crippen LogP contribution in [0.2, 0.25) is 10.0 Å². The molecule has 10 heteroatoms. The van der Waals surface area contributed by atoms with E-state index < -0.39 is 28.5 Å². The lowest BCUT2D eigenvalue weighted by atomic mass is 10.0. The Kier molecular flexibility index (Phi) is 11.1. The van der Waals surface area contributed by atoms with Crippen LogP contribution in [-0.2, 0) is 26.2 Å². The highest BCUT2D eigenvalue weighted by Gasteiger charge is 2.32. The van der Waals surface area contributed by atoms with Crippen LogP contribution in [0.3, 0.4) is 0 Å². The first-order valence-electron chi connectivity index (χ1n) is 12.0. The van der Waals surface area contributed by atoms with Gasteiger partial charge >= 0.3 is 0 Å². The summed E-state index contributed by atoms with van der Waals surface area (Å²) in [5.41, 5.74) is 2.03. The molecule has 2 aromatic carbocycles. The fourth-order valence-electron chi connectivity index (χ4n) is 3.76. The highest BCUT2D eigenvalue weighted by atomic mass is 35.5. The lowest BCUT2D eigenvalue weighted by molar-refractivity contribution is -0.140. The number of sulfonamides is 1. The van der Waals surface area contributed by atoms with E-state index in [0.29, 0.717) is 34.3 Å². The van der Waals surface area contributed by atoms with Gasteiger partial charge in [0, 0.05) is 23.1 Å². The summed E-state index contributed by atoms with van der Waals surface area (Å²) in [7, 11) is -3.79. The zero-order chi connectivity index (χ0) is 27.0. The molecular weight excluding hydrogens is 521 g/mol. The highest BCUT2D eigenvalue weighted by molar-refractivity contribution is 7.92. The molecule has 1 atom stereocenters. The molecule has 1 N–H and O–H groups in total. The molecule has 0 fully saturated rings. The number of rotatable bonds is 12. The van der Waals surface area contributed by atoms with Crippen molar-refractivity contribution in [3.05, 3.63) is 63.6 Å². The predicted octanol–water partition coefficient (Wildman–Crippen LogP) is 5.22. The number of amides is 2. The van der Waals surface area contributed by atoms with E-state index in [2.05, 4.69) is 5.32 Å². The fraction of sp³-hybridized carbons (Fsp3) is 0.462. The summed E-state index contributed by atoms with van der Waals surface area (Å²) in [6.45, 7) is 7.86. The number of benzene rings is 2. The summed E-state index contributed by atoms with van der Waals surface area (Å²) in [4.78, 5) is 28.0. The Morgan fingerprint density at radius 1 is 1.03 bits per heavy atom. The fourth-order valence-corrected chi connectivity index (χ4v) is 5.08. The van der Waals surface area contributed by atoms with Gasteiger partial charge < -0.3 is 10.2 Å². The third kappa shape index (κ3) is 8.11. The van der Waals surface area contributed by atoms with Gasteiger partial charge in [-0.05, 0) is 54.2 Å². The van der Waals surface area contributed by atoms with Crippen molar-refractivity contribution in [2.24, 2.45) is 0 Å². The van der Waals surface area contributed by atoms with Crippen LogP contribution in [0, 0.1) is 0 Å². The third-order valence-corrected chi connectivity index (χ3v) is 7.55. The first kappa shape index (κ1) is 29.9. The number of carbonyl (C=O) groups excluding carboxylic acids is 2. The molecule has 0 heterocycles. The average Bonchev–Trinajstić information content (AvgIpc) is 2.81. The quantitative estimate of drug-likeness (QED) is 0.389. The number of nitrogens with zero attached hydrogens (tertiary/aromatic N) is 2. The molecular formula is C26H35Cl2N3O4S. The van der Waals surface area contributed by atoms with Gasteiger partial charge in [-0.25, -0.2) is 8.42 Å². The Morgan fingerprint density at radius 2 is 1.67 bits per heavy atom. The molecule has 2 amide bonds. The molecule has 0 aliphatic rings. The van der Waals surface area contributed by atoms with Crippen molar-refractivity contribution in [3.63, 3.8) is 0 Å². The minimum absolute atomic E-state index is 0.0246. The topological polar surface area (TPSA) is 86.8 Å². The highest BCUT2D eigenvalue weighted by Crippen LogP contribution is 2.25. The Balaban J connectivity index is 2.45. The lowest BCUT2D eigenvalue weighted by Gasteiger charge is -2.33. The van der Waals surface area contributed by atoms with Gasteiger partial charge in [-0.3, -0.25) is 13.9 Å². The molecule has 0 aliphatic carbocycles. The predicted molar refractivity (Wildman–Crippen MR) is 147 cm³/mol. The molecule has 0 spiro atoms. The van der Waals surface area contributed by atoms with E-state index in [1.165, 1.54) is 4.90 Å². The second-order valence-electron chi connectivity index (χ2n) is 8.99. The van der Waals surface area contributed by atoms with Crippen LogP contribution >= 0.6 is 23.2 Å². The molecule has 7 nitrogen and oxygen atoms in total. The van der Waals surface area contributed by atoms with E-state index in [-0.39, 0.29) is 18.4 Å². The number of hydrogen-bond donors (Lipinski definition) is 1. The Bertz CT molecular complexity index is 1150. The number of halogens is 2. The van der Waals surface area contributed by atoms with Crippen molar-refractivity contribution in [3.8, 4) is 0 Å². The maximum atomic E-state index is 13.7. The van der Waals surface area contributed by atoms with Gasteiger partial charge in [0.15, 0.2) is 0 Å². The van der Waals surface area contributed by atoms with E-state index >= 15 is 0 Å². The number of hydrogen-bond acceptors (Lipinski definition) is 4. The normalized spacial score (nSPS) is 12.3. The van der Waals surface area contributed by atoms with Crippen LogP contribution in [-0.4, -0.2) is 50.5 Å². The smallest absolute Gasteiger partial charge is 0.244 e. The van der Waals surface area contributed by atoms with E-state index in [1.807, 2.05) is 32.9 Å². The number of carbonyl (C=O) groups is 2. The van der Waals surface area contributed by atoms with E-state index in [1.54, 1.807) is 37.3 Å². The van der Waals surface area contributed by atoms with Crippen molar-refractivity contribution < 1.29 is 18.0 Å². The second kappa shape index (κ2) is 13.3. The summed E-state index contributed by atoms with van der Waals surface area (Å²) in [5.74, 6) is -0.540. The standard InChI is InChI=1S/C26H35Cl2N3O4S/c1-6-14-29-26(33)24(7-2)30(16-20-8-11-21(27)15-23(20)28)25(32)17-31(36(5,34)35)22-12-9-19(10-13-22)18(3)4/h8-13,15,18,24H,6-7,14,16-17H2,1-5H3,(H,29,33). The maximum absolute atomic E-state index is 13.7. The van der Waals surface area contributed by atoms with Crippen molar-refractivity contribution in [2.45, 2.75) is 59.0 Å². The summed E-state index contributed by atoms with van der Waals surface area (Å²) in [6.07, 6.45) is 2.14. The van der Waals surface area contributed by atoms with Crippen molar-refractivity contribution >= 4 is 50.7 Å². The molecule has 1 unspecified atom stereocenters. The van der Waals surface area contributed by atoms with Crippen molar-refractivity contribution in [1.29, 1.82) is 0 Å². The van der Waals surface area contributed by atoms with Gasteiger partial charge in [-0.15, -0.1) is 0 Å². The molecule has 36 heavy (non-hydrogen) atoms. The van der Waals surface area contributed by atoms with Gasteiger partial charge in [-0.2, -0.15) is 0 Å². The zero-order valence-corrected chi connectivity index (χ0v) is 23.8. The minimum Gasteiger partial charge on any atom is -0.354 e. The Hall–Kier alpha value is -2.29. The van der Waals surface area contributed by atoms with Crippen LogP contribution in [0.15, 0.2) is 42.5 Å². The monoisotopic (exact) mass is 555 g/mol. The summed E-state index contributed by atoms with van der Waals surface area (Å²) in [5, 5.41) is 3.64. The van der Waals surface area contributed by atoms with Crippen molar-refractivity contribution in [1.82, 2.24) is 10.2 Å². The van der Waals surface area contributed by atoms with Gasteiger partial charge in [0.1, 0.15) is 12.6 Å². The van der Waals surface area contributed by atoms with Crippen molar-refractivity contribution in [2.75, 3.05) is 23.7 Å². The molecule has 0 aliphatic heterocycles. The molecule has 198 valence electrons. The van der Waals surface area contributed by atoms with E-state index in [0.717, 1.165) is 22.5 Å². The molecule has 0 saturated carbocycles. The first-order valence-corrected chi connectivity index (χ1v) is 14.6. The summed E-state index contributed by atoms with van der Waals surface area (Å²) in [6, 6.07) is 11.2. The molecule has 2 aromatic rings.